The van der Waals surface area contributed by atoms with E-state index in [4.69, 9.17) is 0 Å². The molecule has 0 spiro atoms. The van der Waals surface area contributed by atoms with Gasteiger partial charge in [0.1, 0.15) is 10.5 Å². The topological polar surface area (TPSA) is 113 Å². The monoisotopic (exact) mass is 448 g/mol. The standard InChI is InChI=1S/C20H24N4O4S2/c1-20(2,3)18-12-16-15(6-7-21-19(16)23-18)17-5-4-14(13-22-17)30(27,28)24-8-10-29(25,26)11-9-24/h4-7,12-13H,8-11H2,1-3H3,(H,21,23). The summed E-state index contributed by atoms with van der Waals surface area (Å²) in [6.45, 7) is 6.27. The Balaban J connectivity index is 1.67. The highest BCUT2D eigenvalue weighted by atomic mass is 32.2. The quantitative estimate of drug-likeness (QED) is 0.658. The molecule has 0 bridgehead atoms. The van der Waals surface area contributed by atoms with Crippen molar-refractivity contribution >= 4 is 30.9 Å². The number of rotatable bonds is 3. The summed E-state index contributed by atoms with van der Waals surface area (Å²) >= 11 is 0. The van der Waals surface area contributed by atoms with Crippen molar-refractivity contribution in [3.63, 3.8) is 0 Å². The second-order valence-electron chi connectivity index (χ2n) is 8.49. The molecule has 1 saturated heterocycles. The maximum atomic E-state index is 12.8. The number of hydrogen-bond acceptors (Lipinski definition) is 6. The van der Waals surface area contributed by atoms with Gasteiger partial charge in [0.05, 0.1) is 17.2 Å². The predicted octanol–water partition coefficient (Wildman–Crippen LogP) is 2.34. The van der Waals surface area contributed by atoms with Crippen molar-refractivity contribution in [1.82, 2.24) is 19.3 Å². The zero-order valence-electron chi connectivity index (χ0n) is 17.1. The van der Waals surface area contributed by atoms with Crippen LogP contribution >= 0.6 is 0 Å². The summed E-state index contributed by atoms with van der Waals surface area (Å²) in [6, 6.07) is 7.10. The van der Waals surface area contributed by atoms with E-state index in [1.165, 1.54) is 16.6 Å². The summed E-state index contributed by atoms with van der Waals surface area (Å²) in [6.07, 6.45) is 3.03. The van der Waals surface area contributed by atoms with E-state index < -0.39 is 19.9 Å². The molecule has 4 rings (SSSR count). The molecule has 1 aliphatic rings. The molecule has 30 heavy (non-hydrogen) atoms. The van der Waals surface area contributed by atoms with Gasteiger partial charge in [-0.15, -0.1) is 0 Å². The number of pyridine rings is 2. The Morgan fingerprint density at radius 1 is 1.07 bits per heavy atom. The first-order valence-electron chi connectivity index (χ1n) is 9.63. The fraction of sp³-hybridized carbons (Fsp3) is 0.400. The van der Waals surface area contributed by atoms with Gasteiger partial charge in [0, 0.05) is 47.5 Å². The van der Waals surface area contributed by atoms with Crippen LogP contribution in [-0.4, -0.2) is 60.7 Å². The number of aromatic amines is 1. The number of fused-ring (bicyclic) bond motifs is 1. The summed E-state index contributed by atoms with van der Waals surface area (Å²) in [5.41, 5.74) is 3.24. The van der Waals surface area contributed by atoms with Gasteiger partial charge in [-0.3, -0.25) is 4.98 Å². The van der Waals surface area contributed by atoms with Crippen LogP contribution in [0, 0.1) is 0 Å². The van der Waals surface area contributed by atoms with Crippen LogP contribution in [0.3, 0.4) is 0 Å². The summed E-state index contributed by atoms with van der Waals surface area (Å²) in [5, 5.41) is 0.923. The molecule has 10 heteroatoms. The number of aromatic nitrogens is 3. The summed E-state index contributed by atoms with van der Waals surface area (Å²) in [7, 11) is -6.94. The van der Waals surface area contributed by atoms with Crippen LogP contribution in [0.5, 0.6) is 0 Å². The minimum atomic E-state index is -3.78. The molecule has 4 heterocycles. The Kier molecular flexibility index (Phi) is 4.99. The van der Waals surface area contributed by atoms with Crippen molar-refractivity contribution < 1.29 is 16.8 Å². The van der Waals surface area contributed by atoms with Gasteiger partial charge in [-0.2, -0.15) is 4.31 Å². The molecule has 1 fully saturated rings. The van der Waals surface area contributed by atoms with E-state index in [-0.39, 0.29) is 34.9 Å². The van der Waals surface area contributed by atoms with E-state index >= 15 is 0 Å². The second-order valence-corrected chi connectivity index (χ2v) is 12.7. The van der Waals surface area contributed by atoms with Crippen LogP contribution < -0.4 is 0 Å². The third-order valence-electron chi connectivity index (χ3n) is 5.29. The van der Waals surface area contributed by atoms with Crippen molar-refractivity contribution in [2.24, 2.45) is 0 Å². The summed E-state index contributed by atoms with van der Waals surface area (Å²) in [5.74, 6) is -0.313. The molecule has 0 saturated carbocycles. The van der Waals surface area contributed by atoms with Gasteiger partial charge in [-0.05, 0) is 24.3 Å². The van der Waals surface area contributed by atoms with Crippen LogP contribution in [0.2, 0.25) is 0 Å². The van der Waals surface area contributed by atoms with E-state index in [0.29, 0.717) is 5.69 Å². The van der Waals surface area contributed by atoms with Gasteiger partial charge in [0.15, 0.2) is 9.84 Å². The molecule has 0 radical (unpaired) electrons. The molecular weight excluding hydrogens is 424 g/mol. The smallest absolute Gasteiger partial charge is 0.244 e. The van der Waals surface area contributed by atoms with Gasteiger partial charge in [0.25, 0.3) is 0 Å². The molecule has 0 atom stereocenters. The number of nitrogens with zero attached hydrogens (tertiary/aromatic N) is 3. The van der Waals surface area contributed by atoms with Crippen LogP contribution in [0.4, 0.5) is 0 Å². The van der Waals surface area contributed by atoms with Crippen LogP contribution in [-0.2, 0) is 25.3 Å². The number of nitrogens with one attached hydrogen (secondary N) is 1. The van der Waals surface area contributed by atoms with E-state index in [2.05, 4.69) is 41.8 Å². The maximum Gasteiger partial charge on any atom is 0.244 e. The fourth-order valence-electron chi connectivity index (χ4n) is 3.43. The summed E-state index contributed by atoms with van der Waals surface area (Å²) in [4.78, 5) is 12.2. The Labute approximate surface area is 176 Å². The minimum Gasteiger partial charge on any atom is -0.343 e. The molecule has 3 aromatic heterocycles. The molecule has 160 valence electrons. The Morgan fingerprint density at radius 2 is 1.77 bits per heavy atom. The highest BCUT2D eigenvalue weighted by molar-refractivity contribution is 7.92. The zero-order valence-corrected chi connectivity index (χ0v) is 18.7. The molecule has 1 N–H and O–H groups in total. The third kappa shape index (κ3) is 3.86. The lowest BCUT2D eigenvalue weighted by Crippen LogP contribution is -2.43. The lowest BCUT2D eigenvalue weighted by atomic mass is 9.92. The van der Waals surface area contributed by atoms with Crippen molar-refractivity contribution in [1.29, 1.82) is 0 Å². The van der Waals surface area contributed by atoms with Gasteiger partial charge in [-0.25, -0.2) is 21.8 Å². The van der Waals surface area contributed by atoms with Crippen LogP contribution in [0.15, 0.2) is 41.6 Å². The van der Waals surface area contributed by atoms with Gasteiger partial charge in [0.2, 0.25) is 10.0 Å². The number of hydrogen-bond donors (Lipinski definition) is 1. The minimum absolute atomic E-state index is 0.0314. The SMILES string of the molecule is CC(C)(C)c1cc2c(-c3ccc(S(=O)(=O)N4CCS(=O)(=O)CC4)cn3)ccnc2[nH]1. The molecule has 0 unspecified atom stereocenters. The first-order chi connectivity index (χ1) is 14.0. The van der Waals surface area contributed by atoms with Crippen LogP contribution in [0.1, 0.15) is 26.5 Å². The lowest BCUT2D eigenvalue weighted by Gasteiger charge is -2.25. The largest absolute Gasteiger partial charge is 0.343 e. The van der Waals surface area contributed by atoms with Gasteiger partial charge in [-0.1, -0.05) is 20.8 Å². The highest BCUT2D eigenvalue weighted by Gasteiger charge is 2.31. The molecule has 0 aromatic carbocycles. The number of sulfonamides is 1. The molecule has 0 aliphatic carbocycles. The number of sulfone groups is 1. The Bertz CT molecular complexity index is 1290. The first-order valence-corrected chi connectivity index (χ1v) is 12.9. The van der Waals surface area contributed by atoms with Crippen molar-refractivity contribution in [3.05, 3.63) is 42.4 Å². The number of H-pyrrole nitrogens is 1. The summed E-state index contributed by atoms with van der Waals surface area (Å²) < 4.78 is 50.1. The predicted molar refractivity (Wildman–Crippen MR) is 115 cm³/mol. The van der Waals surface area contributed by atoms with Crippen molar-refractivity contribution in [2.45, 2.75) is 31.1 Å². The molecule has 0 amide bonds. The first kappa shape index (κ1) is 21.0. The van der Waals surface area contributed by atoms with Crippen LogP contribution in [0.25, 0.3) is 22.3 Å². The molecule has 3 aromatic rings. The average molecular weight is 449 g/mol. The molecular formula is C20H24N4O4S2. The van der Waals surface area contributed by atoms with E-state index in [9.17, 15) is 16.8 Å². The Hall–Kier alpha value is -2.30. The third-order valence-corrected chi connectivity index (χ3v) is 8.78. The second kappa shape index (κ2) is 7.14. The van der Waals surface area contributed by atoms with E-state index in [1.54, 1.807) is 12.3 Å². The van der Waals surface area contributed by atoms with Gasteiger partial charge >= 0.3 is 0 Å². The fourth-order valence-corrected chi connectivity index (χ4v) is 6.25. The van der Waals surface area contributed by atoms with E-state index in [0.717, 1.165) is 22.3 Å². The Morgan fingerprint density at radius 3 is 2.37 bits per heavy atom. The van der Waals surface area contributed by atoms with E-state index in [1.807, 2.05) is 6.07 Å². The highest BCUT2D eigenvalue weighted by Crippen LogP contribution is 2.31. The lowest BCUT2D eigenvalue weighted by molar-refractivity contribution is 0.430. The van der Waals surface area contributed by atoms with Crippen molar-refractivity contribution in [3.8, 4) is 11.3 Å². The van der Waals surface area contributed by atoms with Gasteiger partial charge < -0.3 is 4.98 Å². The average Bonchev–Trinajstić information content (AvgIpc) is 3.13. The molecule has 8 nitrogen and oxygen atoms in total. The zero-order chi connectivity index (χ0) is 21.7. The maximum absolute atomic E-state index is 12.8. The normalized spacial score (nSPS) is 18.0. The molecule has 1 aliphatic heterocycles. The van der Waals surface area contributed by atoms with Crippen molar-refractivity contribution in [2.75, 3.05) is 24.6 Å².